The number of nitrogens with two attached hydrogens (primary N) is 1. The Kier molecular flexibility index (Phi) is 26.1. The van der Waals surface area contributed by atoms with Gasteiger partial charge in [-0.3, -0.25) is 14.4 Å². The molecule has 4 aromatic carbocycles. The molecule has 0 unspecified atom stereocenters. The average molecular weight is 1060 g/mol. The SMILES string of the molecule is Nc1ccc(Oc2ccnc(NC(=O)C3CC3)c2)cc1F.O=C(Cc1ccc(Oc2ccnc(NC(=O)C3CC3)c2)cc1F)Oc1ccccc1.O=C(Cl)Oc1ccccc1.[B][B]B([B])B(B(B([B])[B])B([B])[B])B(B([B])[B])B([B])[B]. The van der Waals surface area contributed by atoms with Gasteiger partial charge < -0.3 is 35.3 Å². The Labute approximate surface area is 487 Å². The third-order valence-electron chi connectivity index (χ3n) is 11.9. The highest BCUT2D eigenvalue weighted by atomic mass is 35.5. The van der Waals surface area contributed by atoms with E-state index in [-0.39, 0.29) is 47.1 Å². The number of ether oxygens (including phenoxy) is 4. The Morgan fingerprint density at radius 3 is 1.36 bits per heavy atom. The summed E-state index contributed by atoms with van der Waals surface area (Å²) in [5, 5.41) is 5.46. The van der Waals surface area contributed by atoms with Gasteiger partial charge in [0.1, 0.15) is 57.8 Å². The van der Waals surface area contributed by atoms with Crippen LogP contribution < -0.4 is 35.3 Å². The van der Waals surface area contributed by atoms with Crippen LogP contribution in [0.1, 0.15) is 31.2 Å². The molecule has 6 aromatic rings. The molecular formula is C45H38B19ClF2N5O8. The second kappa shape index (κ2) is 32.3. The predicted molar refractivity (Wildman–Crippen MR) is 332 cm³/mol. The van der Waals surface area contributed by atoms with Gasteiger partial charge in [0.2, 0.25) is 11.8 Å². The number of esters is 1. The summed E-state index contributed by atoms with van der Waals surface area (Å²) in [5.41, 5.74) is 4.86. The monoisotopic (exact) mass is 1060 g/mol. The van der Waals surface area contributed by atoms with Crippen LogP contribution in [0.2, 0.25) is 0 Å². The summed E-state index contributed by atoms with van der Waals surface area (Å²) in [7, 11) is 58.4. The van der Waals surface area contributed by atoms with Crippen molar-refractivity contribution >= 4 is 188 Å². The van der Waals surface area contributed by atoms with E-state index < -0.39 is 74.1 Å². The number of carbonyl (C=O) groups is 4. The third-order valence-corrected chi connectivity index (χ3v) is 12.0. The number of nitrogens with zero attached hydrogens (tertiary/aromatic N) is 2. The lowest BCUT2D eigenvalue weighted by atomic mass is 8.40. The number of benzene rings is 4. The second-order valence-corrected chi connectivity index (χ2v) is 18.7. The van der Waals surface area contributed by atoms with Gasteiger partial charge in [-0.15, -0.1) is 0 Å². The van der Waals surface area contributed by atoms with Crippen molar-refractivity contribution in [2.45, 2.75) is 32.1 Å². The van der Waals surface area contributed by atoms with Gasteiger partial charge in [0.05, 0.1) is 12.1 Å². The maximum absolute atomic E-state index is 14.4. The molecule has 8 rings (SSSR count). The zero-order chi connectivity index (χ0) is 58.5. The molecule has 4 N–H and O–H groups in total. The highest BCUT2D eigenvalue weighted by molar-refractivity contribution is 8.18. The van der Waals surface area contributed by atoms with Crippen LogP contribution in [0, 0.1) is 23.5 Å². The second-order valence-electron chi connectivity index (χ2n) is 18.3. The Bertz CT molecular complexity index is 2940. The van der Waals surface area contributed by atoms with Gasteiger partial charge in [0.25, 0.3) is 0 Å². The Morgan fingerprint density at radius 1 is 0.562 bits per heavy atom. The molecule has 369 valence electrons. The zero-order valence-corrected chi connectivity index (χ0v) is 44.0. The highest BCUT2D eigenvalue weighted by Crippen LogP contribution is 2.32. The number of para-hydroxylation sites is 2. The van der Waals surface area contributed by atoms with Crippen molar-refractivity contribution in [3.63, 3.8) is 0 Å². The van der Waals surface area contributed by atoms with Crippen molar-refractivity contribution in [1.29, 1.82) is 0 Å². The maximum atomic E-state index is 14.4. The van der Waals surface area contributed by atoms with Crippen molar-refractivity contribution in [2.24, 2.45) is 11.8 Å². The molecule has 0 atom stereocenters. The number of hydrogen-bond acceptors (Lipinski definition) is 11. The van der Waals surface area contributed by atoms with E-state index in [2.05, 4.69) is 25.3 Å². The standard InChI is InChI=1S/C23H19FN2O4.C15H14FN3O2.C7H5ClO2.B19/c24-20-13-18(9-8-16(20)12-22(27)30-17-4-2-1-3-5-17)29-19-10-11-25-21(14-19)26-23(28)15-6-7-15;16-12-7-10(3-4-13(12)17)21-11-5-6-18-14(8-11)19-15(20)9-1-2-9;8-7(9)10-6-4-2-1-3-5-6;1-11-16(10)19(17(12(2)3)13(4)5)18(14(6)7)15(8)9/h1-5,8-11,13-15H,6-7,12H2,(H,25,26,28);3-9H,1-2,17H2,(H,18,19,20);1-5H;. The normalized spacial score (nSPS) is 11.7. The van der Waals surface area contributed by atoms with Gasteiger partial charge >= 0.3 is 11.4 Å². The van der Waals surface area contributed by atoms with E-state index in [1.54, 1.807) is 84.9 Å². The Balaban J connectivity index is 0.000000208. The van der Waals surface area contributed by atoms with E-state index in [1.165, 1.54) is 43.7 Å². The molecule has 35 heteroatoms. The van der Waals surface area contributed by atoms with Crippen LogP contribution in [-0.4, -0.2) is 169 Å². The van der Waals surface area contributed by atoms with Crippen molar-refractivity contribution in [3.05, 3.63) is 151 Å². The molecule has 0 aliphatic heterocycles. The first-order chi connectivity index (χ1) is 38.1. The molecule has 0 spiro atoms. The number of hydrogen-bond donors (Lipinski definition) is 3. The van der Waals surface area contributed by atoms with E-state index in [4.69, 9.17) is 109 Å². The van der Waals surface area contributed by atoms with Crippen molar-refractivity contribution < 1.29 is 46.9 Å². The number of rotatable bonds is 20. The third kappa shape index (κ3) is 22.1. The summed E-state index contributed by atoms with van der Waals surface area (Å²) in [5.74, 6) is 1.53. The number of nitrogens with one attached hydrogen (secondary N) is 2. The minimum Gasteiger partial charge on any atom is -0.457 e. The molecule has 21 radical (unpaired) electrons. The van der Waals surface area contributed by atoms with Crippen molar-refractivity contribution in [3.8, 4) is 34.5 Å². The summed E-state index contributed by atoms with van der Waals surface area (Å²) in [6.45, 7) is 0. The molecular weight excluding hydrogens is 1020 g/mol. The molecule has 2 heterocycles. The van der Waals surface area contributed by atoms with Crippen molar-refractivity contribution in [2.75, 3.05) is 16.4 Å². The average Bonchev–Trinajstić information content (AvgIpc) is 4.37. The van der Waals surface area contributed by atoms with Crippen LogP contribution in [0.25, 0.3) is 0 Å². The minimum atomic E-state index is -0.837. The Hall–Kier alpha value is -6.16. The molecule has 2 aromatic heterocycles. The van der Waals surface area contributed by atoms with Crippen LogP contribution in [0.15, 0.2) is 134 Å². The summed E-state index contributed by atoms with van der Waals surface area (Å²) in [6, 6.07) is 32.1. The van der Waals surface area contributed by atoms with Crippen LogP contribution in [0.3, 0.4) is 0 Å². The molecule has 2 fully saturated rings. The first-order valence-electron chi connectivity index (χ1n) is 24.9. The molecule has 13 nitrogen and oxygen atoms in total. The molecule has 2 aliphatic rings. The lowest BCUT2D eigenvalue weighted by Gasteiger charge is -2.41. The van der Waals surface area contributed by atoms with E-state index in [0.717, 1.165) is 25.7 Å². The Morgan fingerprint density at radius 2 is 0.975 bits per heavy atom. The smallest absolute Gasteiger partial charge is 0.409 e. The van der Waals surface area contributed by atoms with Gasteiger partial charge in [-0.05, 0) is 85.8 Å². The summed E-state index contributed by atoms with van der Waals surface area (Å²) in [4.78, 5) is 53.9. The van der Waals surface area contributed by atoms with E-state index in [0.29, 0.717) is 40.4 Å². The van der Waals surface area contributed by atoms with E-state index >= 15 is 0 Å². The van der Waals surface area contributed by atoms with Crippen LogP contribution in [0.4, 0.5) is 30.9 Å². The van der Waals surface area contributed by atoms with Crippen LogP contribution in [0.5, 0.6) is 34.5 Å². The van der Waals surface area contributed by atoms with Gasteiger partial charge in [-0.25, -0.2) is 23.5 Å². The first-order valence-corrected chi connectivity index (χ1v) is 25.3. The highest BCUT2D eigenvalue weighted by Gasteiger charge is 2.43. The molecule has 2 amide bonds. The fraction of sp³-hybridized carbons (Fsp3) is 0.156. The minimum absolute atomic E-state index is 0.0295. The number of pyridine rings is 2. The molecule has 0 saturated heterocycles. The lowest BCUT2D eigenvalue weighted by molar-refractivity contribution is -0.133. The van der Waals surface area contributed by atoms with Crippen LogP contribution in [-0.2, 0) is 20.8 Å². The number of aromatic nitrogens is 2. The number of nitrogen functional groups attached to an aromatic ring is 1. The summed E-state index contributed by atoms with van der Waals surface area (Å²) in [6.07, 6.45) is 0.736. The number of carbonyl (C=O) groups excluding carboxylic acids is 4. The maximum Gasteiger partial charge on any atom is 0.409 e. The predicted octanol–water partition coefficient (Wildman–Crippen LogP) is 2.64. The zero-order valence-electron chi connectivity index (χ0n) is 43.2. The van der Waals surface area contributed by atoms with Gasteiger partial charge in [-0.2, -0.15) is 0 Å². The van der Waals surface area contributed by atoms with Crippen molar-refractivity contribution in [1.82, 2.24) is 9.97 Å². The van der Waals surface area contributed by atoms with E-state index in [9.17, 15) is 28.0 Å². The summed E-state index contributed by atoms with van der Waals surface area (Å²) < 4.78 is 48.7. The number of amides is 2. The molecule has 2 saturated carbocycles. The quantitative estimate of drug-likeness (QED) is 0.0337. The molecule has 80 heavy (non-hydrogen) atoms. The lowest BCUT2D eigenvalue weighted by Crippen LogP contribution is -2.79. The number of halogens is 3. The topological polar surface area (TPSA) is 181 Å². The molecule has 2 aliphatic carbocycles. The van der Waals surface area contributed by atoms with E-state index in [1.807, 2.05) is 12.1 Å². The fourth-order valence-corrected chi connectivity index (χ4v) is 7.73. The summed E-state index contributed by atoms with van der Waals surface area (Å²) >= 11 is 4.95. The van der Waals surface area contributed by atoms with Gasteiger partial charge in [0.15, 0.2) is 0 Å². The first kappa shape index (κ1) is 64.7. The molecule has 0 bridgehead atoms. The van der Waals surface area contributed by atoms with Gasteiger partial charge in [0, 0.05) is 196 Å². The largest absolute Gasteiger partial charge is 0.457 e. The fourth-order valence-electron chi connectivity index (χ4n) is 7.64. The van der Waals surface area contributed by atoms with Crippen LogP contribution >= 0.6 is 11.6 Å². The number of anilines is 3. The van der Waals surface area contributed by atoms with Gasteiger partial charge in [-0.1, -0.05) is 42.5 Å².